The van der Waals surface area contributed by atoms with Gasteiger partial charge in [0.05, 0.1) is 21.5 Å². The first-order valence-electron chi connectivity index (χ1n) is 7.98. The number of hydrazone groups is 1. The van der Waals surface area contributed by atoms with Crippen molar-refractivity contribution in [3.8, 4) is 0 Å². The molecule has 0 amide bonds. The van der Waals surface area contributed by atoms with Gasteiger partial charge in [-0.05, 0) is 36.8 Å². The van der Waals surface area contributed by atoms with Crippen LogP contribution in [0.3, 0.4) is 0 Å². The van der Waals surface area contributed by atoms with Gasteiger partial charge in [-0.2, -0.15) is 5.10 Å². The van der Waals surface area contributed by atoms with Crippen LogP contribution in [0.4, 0.5) is 0 Å². The standard InChI is InChI=1S/C19H15ClN4OS/c1-11(12-6-8-13(20)9-7-12)23-24-10-15(25)17(18(24)21)19-22-14-4-2-3-5-16(14)26-19/h2-9,21,25H,10H2,1H3/b21-18?,23-11+. The van der Waals surface area contributed by atoms with E-state index in [4.69, 9.17) is 17.0 Å². The van der Waals surface area contributed by atoms with Gasteiger partial charge in [-0.1, -0.05) is 35.9 Å². The van der Waals surface area contributed by atoms with Crippen LogP contribution in [-0.4, -0.2) is 33.2 Å². The van der Waals surface area contributed by atoms with Crippen molar-refractivity contribution in [1.29, 1.82) is 5.41 Å². The Bertz CT molecular complexity index is 1040. The monoisotopic (exact) mass is 382 g/mol. The first-order valence-corrected chi connectivity index (χ1v) is 9.18. The molecule has 2 aromatic carbocycles. The molecule has 130 valence electrons. The highest BCUT2D eigenvalue weighted by atomic mass is 35.5. The predicted octanol–water partition coefficient (Wildman–Crippen LogP) is 4.94. The van der Waals surface area contributed by atoms with Crippen LogP contribution in [0.1, 0.15) is 17.5 Å². The van der Waals surface area contributed by atoms with Crippen molar-refractivity contribution < 1.29 is 5.11 Å². The number of hydrogen-bond donors (Lipinski definition) is 2. The Hall–Kier alpha value is -2.70. The molecule has 2 heterocycles. The van der Waals surface area contributed by atoms with Gasteiger partial charge in [0.25, 0.3) is 0 Å². The van der Waals surface area contributed by atoms with E-state index < -0.39 is 0 Å². The van der Waals surface area contributed by atoms with Gasteiger partial charge in [0.15, 0.2) is 5.84 Å². The number of aliphatic hydroxyl groups excluding tert-OH is 1. The average molecular weight is 383 g/mol. The fraction of sp³-hybridized carbons (Fsp3) is 0.105. The summed E-state index contributed by atoms with van der Waals surface area (Å²) in [6, 6.07) is 15.1. The molecule has 0 spiro atoms. The van der Waals surface area contributed by atoms with E-state index in [2.05, 4.69) is 10.1 Å². The lowest BCUT2D eigenvalue weighted by Gasteiger charge is -2.13. The maximum absolute atomic E-state index is 10.4. The van der Waals surface area contributed by atoms with Crippen LogP contribution < -0.4 is 0 Å². The Morgan fingerprint density at radius 3 is 2.69 bits per heavy atom. The number of hydrogen-bond acceptors (Lipinski definition) is 5. The quantitative estimate of drug-likeness (QED) is 0.630. The Balaban J connectivity index is 1.63. The maximum Gasteiger partial charge on any atom is 0.155 e. The van der Waals surface area contributed by atoms with Gasteiger partial charge in [-0.15, -0.1) is 11.3 Å². The van der Waals surface area contributed by atoms with Crippen LogP contribution in [0.15, 0.2) is 59.4 Å². The lowest BCUT2D eigenvalue weighted by Crippen LogP contribution is -2.22. The van der Waals surface area contributed by atoms with E-state index in [9.17, 15) is 5.11 Å². The smallest absolute Gasteiger partial charge is 0.155 e. The Morgan fingerprint density at radius 1 is 1.23 bits per heavy atom. The van der Waals surface area contributed by atoms with Crippen molar-refractivity contribution >= 4 is 50.3 Å². The molecular formula is C19H15ClN4OS. The van der Waals surface area contributed by atoms with E-state index in [1.165, 1.54) is 16.3 Å². The summed E-state index contributed by atoms with van der Waals surface area (Å²) in [6.07, 6.45) is 0. The molecule has 0 unspecified atom stereocenters. The molecule has 4 rings (SSSR count). The molecule has 3 aromatic rings. The third-order valence-corrected chi connectivity index (χ3v) is 5.43. The summed E-state index contributed by atoms with van der Waals surface area (Å²) >= 11 is 7.38. The number of aliphatic hydroxyl groups is 1. The highest BCUT2D eigenvalue weighted by Gasteiger charge is 2.30. The third kappa shape index (κ3) is 2.98. The van der Waals surface area contributed by atoms with Gasteiger partial charge in [0.2, 0.25) is 0 Å². The summed E-state index contributed by atoms with van der Waals surface area (Å²) in [6.45, 7) is 2.03. The zero-order chi connectivity index (χ0) is 18.3. The Morgan fingerprint density at radius 2 is 1.96 bits per heavy atom. The number of nitrogens with one attached hydrogen (secondary N) is 1. The molecule has 1 aliphatic rings. The van der Waals surface area contributed by atoms with Crippen molar-refractivity contribution in [3.05, 3.63) is 69.9 Å². The van der Waals surface area contributed by atoms with E-state index in [1.807, 2.05) is 43.3 Å². The van der Waals surface area contributed by atoms with Gasteiger partial charge in [0.1, 0.15) is 17.3 Å². The second-order valence-electron chi connectivity index (χ2n) is 5.91. The van der Waals surface area contributed by atoms with Crippen molar-refractivity contribution in [2.24, 2.45) is 5.10 Å². The fourth-order valence-electron chi connectivity index (χ4n) is 2.78. The van der Waals surface area contributed by atoms with E-state index in [0.717, 1.165) is 21.5 Å². The number of amidine groups is 1. The van der Waals surface area contributed by atoms with Gasteiger partial charge >= 0.3 is 0 Å². The zero-order valence-corrected chi connectivity index (χ0v) is 15.5. The van der Waals surface area contributed by atoms with Crippen molar-refractivity contribution in [3.63, 3.8) is 0 Å². The van der Waals surface area contributed by atoms with E-state index in [0.29, 0.717) is 15.6 Å². The molecule has 0 aliphatic carbocycles. The molecule has 0 bridgehead atoms. The molecule has 26 heavy (non-hydrogen) atoms. The molecule has 0 atom stereocenters. The summed E-state index contributed by atoms with van der Waals surface area (Å²) < 4.78 is 1.02. The van der Waals surface area contributed by atoms with Crippen LogP contribution in [0.25, 0.3) is 15.8 Å². The predicted molar refractivity (Wildman–Crippen MR) is 107 cm³/mol. The van der Waals surface area contributed by atoms with Gasteiger partial charge in [0, 0.05) is 5.02 Å². The Kier molecular flexibility index (Phi) is 4.22. The number of para-hydroxylation sites is 1. The summed E-state index contributed by atoms with van der Waals surface area (Å²) in [7, 11) is 0. The van der Waals surface area contributed by atoms with Crippen molar-refractivity contribution in [2.45, 2.75) is 6.92 Å². The van der Waals surface area contributed by atoms with Crippen molar-refractivity contribution in [1.82, 2.24) is 9.99 Å². The molecule has 0 saturated carbocycles. The SMILES string of the molecule is C/C(=N\N1CC(O)=C(c2nc3ccccc3s2)C1=N)c1ccc(Cl)cc1. The largest absolute Gasteiger partial charge is 0.509 e. The Labute approximate surface area is 159 Å². The zero-order valence-electron chi connectivity index (χ0n) is 13.9. The average Bonchev–Trinajstić information content (AvgIpc) is 3.16. The van der Waals surface area contributed by atoms with Crippen LogP contribution in [-0.2, 0) is 0 Å². The van der Waals surface area contributed by atoms with E-state index >= 15 is 0 Å². The molecule has 7 heteroatoms. The number of rotatable bonds is 3. The number of benzene rings is 2. The van der Waals surface area contributed by atoms with Crippen LogP contribution in [0.5, 0.6) is 0 Å². The molecule has 0 saturated heterocycles. The number of halogens is 1. The first-order chi connectivity index (χ1) is 12.5. The molecule has 0 fully saturated rings. The molecule has 2 N–H and O–H groups in total. The summed E-state index contributed by atoms with van der Waals surface area (Å²) in [4.78, 5) is 4.55. The molecule has 0 radical (unpaired) electrons. The van der Waals surface area contributed by atoms with Gasteiger partial charge < -0.3 is 5.11 Å². The van der Waals surface area contributed by atoms with Crippen LogP contribution in [0, 0.1) is 5.41 Å². The minimum atomic E-state index is 0.113. The second-order valence-corrected chi connectivity index (χ2v) is 7.37. The number of thiazole rings is 1. The van der Waals surface area contributed by atoms with E-state index in [-0.39, 0.29) is 18.1 Å². The number of fused-ring (bicyclic) bond motifs is 1. The normalized spacial score (nSPS) is 15.4. The van der Waals surface area contributed by atoms with Crippen LogP contribution >= 0.6 is 22.9 Å². The highest BCUT2D eigenvalue weighted by Crippen LogP contribution is 2.33. The summed E-state index contributed by atoms with van der Waals surface area (Å²) in [5.41, 5.74) is 2.96. The van der Waals surface area contributed by atoms with Gasteiger partial charge in [-0.25, -0.2) is 9.99 Å². The van der Waals surface area contributed by atoms with E-state index in [1.54, 1.807) is 12.1 Å². The lowest BCUT2D eigenvalue weighted by molar-refractivity contribution is 0.357. The lowest BCUT2D eigenvalue weighted by atomic mass is 10.1. The molecule has 1 aromatic heterocycles. The minimum Gasteiger partial charge on any atom is -0.509 e. The number of nitrogens with zero attached hydrogens (tertiary/aromatic N) is 3. The third-order valence-electron chi connectivity index (χ3n) is 4.12. The maximum atomic E-state index is 10.4. The summed E-state index contributed by atoms with van der Waals surface area (Å²) in [5.74, 6) is 0.261. The molecule has 1 aliphatic heterocycles. The number of aromatic nitrogens is 1. The molecular weight excluding hydrogens is 368 g/mol. The fourth-order valence-corrected chi connectivity index (χ4v) is 3.94. The summed E-state index contributed by atoms with van der Waals surface area (Å²) in [5, 5.41) is 26.1. The minimum absolute atomic E-state index is 0.113. The highest BCUT2D eigenvalue weighted by molar-refractivity contribution is 7.19. The van der Waals surface area contributed by atoms with Crippen LogP contribution in [0.2, 0.25) is 5.02 Å². The second kappa shape index (κ2) is 6.55. The van der Waals surface area contributed by atoms with Gasteiger partial charge in [-0.3, -0.25) is 5.41 Å². The van der Waals surface area contributed by atoms with Crippen molar-refractivity contribution in [2.75, 3.05) is 6.54 Å². The molecule has 5 nitrogen and oxygen atoms in total. The topological polar surface area (TPSA) is 72.6 Å². The first kappa shape index (κ1) is 16.8.